The van der Waals surface area contributed by atoms with Crippen molar-refractivity contribution in [2.24, 2.45) is 57.8 Å². The zero-order chi connectivity index (χ0) is 34.0. The molecule has 0 unspecified atom stereocenters. The minimum atomic E-state index is -0.563. The first-order valence-corrected chi connectivity index (χ1v) is 19.6. The van der Waals surface area contributed by atoms with Gasteiger partial charge in [-0.15, -0.1) is 0 Å². The number of hydrogen-bond acceptors (Lipinski definition) is 7. The van der Waals surface area contributed by atoms with Crippen LogP contribution < -0.4 is 11.5 Å². The fourth-order valence-corrected chi connectivity index (χ4v) is 10.5. The summed E-state index contributed by atoms with van der Waals surface area (Å²) in [7, 11) is 0. The number of ether oxygens (including phenoxy) is 3. The molecule has 4 N–H and O–H groups in total. The Morgan fingerprint density at radius 1 is 0.851 bits per heavy atom. The standard InChI is InChI=1S/C40H70N2O5/c1-28(2)13-12-14-29(3)33-18-19-34-32-17-16-30-27-31(20-22-39(30,4)35(32)21-23-40(33,34)5)47-38(44)46-26-11-7-6-10-25-45-37(43)36(42)15-8-9-24-41/h16,28-29,31-36H,6-15,17-27,41-42H2,1-5H3/t29-,31+,32+,33-,34+,35+,36-,39+,40-/m1/s1. The molecule has 4 aliphatic carbocycles. The van der Waals surface area contributed by atoms with E-state index in [1.165, 1.54) is 51.4 Å². The maximum absolute atomic E-state index is 12.6. The number of carbonyl (C=O) groups is 2. The lowest BCUT2D eigenvalue weighted by Crippen LogP contribution is -2.51. The van der Waals surface area contributed by atoms with Gasteiger partial charge in [0.15, 0.2) is 0 Å². The first kappa shape index (κ1) is 38.2. The van der Waals surface area contributed by atoms with Crippen molar-refractivity contribution in [3.8, 4) is 0 Å². The van der Waals surface area contributed by atoms with Crippen LogP contribution in [-0.4, -0.2) is 44.0 Å². The summed E-state index contributed by atoms with van der Waals surface area (Å²) in [6.07, 6.45) is 21.5. The SMILES string of the molecule is CC(C)CCC[C@@H](C)[C@H]1CC[C@H]2[C@@H]3CC=C4C[C@@H](OC(=O)OCCCCCCOC(=O)[C@H](N)CCCCN)CC[C@]4(C)[C@H]3CC[C@]12C. The second-order valence-corrected chi connectivity index (χ2v) is 16.8. The lowest BCUT2D eigenvalue weighted by Gasteiger charge is -2.58. The van der Waals surface area contributed by atoms with E-state index in [4.69, 9.17) is 25.7 Å². The highest BCUT2D eigenvalue weighted by atomic mass is 16.7. The molecule has 0 aromatic carbocycles. The Morgan fingerprint density at radius 3 is 2.32 bits per heavy atom. The normalized spacial score (nSPS) is 32.9. The predicted molar refractivity (Wildman–Crippen MR) is 190 cm³/mol. The fourth-order valence-electron chi connectivity index (χ4n) is 10.5. The molecule has 7 nitrogen and oxygen atoms in total. The average Bonchev–Trinajstić information content (AvgIpc) is 3.39. The topological polar surface area (TPSA) is 114 Å². The van der Waals surface area contributed by atoms with Crippen molar-refractivity contribution in [1.29, 1.82) is 0 Å². The van der Waals surface area contributed by atoms with Gasteiger partial charge in [-0.1, -0.05) is 72.0 Å². The zero-order valence-corrected chi connectivity index (χ0v) is 30.7. The number of carbonyl (C=O) groups excluding carboxylic acids is 2. The van der Waals surface area contributed by atoms with Crippen molar-refractivity contribution in [1.82, 2.24) is 0 Å². The molecule has 9 atom stereocenters. The van der Waals surface area contributed by atoms with Crippen molar-refractivity contribution >= 4 is 12.1 Å². The number of rotatable bonds is 18. The van der Waals surface area contributed by atoms with E-state index in [0.29, 0.717) is 31.6 Å². The van der Waals surface area contributed by atoms with Gasteiger partial charge in [-0.05, 0) is 136 Å². The van der Waals surface area contributed by atoms with Gasteiger partial charge in [-0.25, -0.2) is 4.79 Å². The molecule has 0 spiro atoms. The number of nitrogens with two attached hydrogens (primary N) is 2. The highest BCUT2D eigenvalue weighted by molar-refractivity contribution is 5.75. The molecule has 4 rings (SSSR count). The van der Waals surface area contributed by atoms with Crippen LogP contribution >= 0.6 is 0 Å². The number of allylic oxidation sites excluding steroid dienone is 1. The summed E-state index contributed by atoms with van der Waals surface area (Å²) in [5.41, 5.74) is 13.7. The van der Waals surface area contributed by atoms with Crippen LogP contribution in [-0.2, 0) is 19.0 Å². The monoisotopic (exact) mass is 659 g/mol. The summed E-state index contributed by atoms with van der Waals surface area (Å²) in [6.45, 7) is 13.8. The van der Waals surface area contributed by atoms with E-state index in [-0.39, 0.29) is 17.5 Å². The molecular weight excluding hydrogens is 588 g/mol. The largest absolute Gasteiger partial charge is 0.508 e. The van der Waals surface area contributed by atoms with Crippen molar-refractivity contribution in [3.05, 3.63) is 11.6 Å². The molecule has 0 aliphatic heterocycles. The molecule has 0 heterocycles. The van der Waals surface area contributed by atoms with Gasteiger partial charge in [0.2, 0.25) is 0 Å². The Balaban J connectivity index is 1.14. The number of esters is 1. The Labute approximate surface area is 287 Å². The molecule has 0 aromatic heterocycles. The number of fused-ring (bicyclic) bond motifs is 5. The summed E-state index contributed by atoms with van der Waals surface area (Å²) >= 11 is 0. The molecule has 0 saturated heterocycles. The van der Waals surface area contributed by atoms with Crippen LogP contribution in [0, 0.1) is 46.3 Å². The Hall–Kier alpha value is -1.60. The second-order valence-electron chi connectivity index (χ2n) is 16.8. The van der Waals surface area contributed by atoms with Crippen LogP contribution in [0.1, 0.15) is 150 Å². The highest BCUT2D eigenvalue weighted by Crippen LogP contribution is 2.67. The van der Waals surface area contributed by atoms with Gasteiger partial charge < -0.3 is 25.7 Å². The smallest absolute Gasteiger partial charge is 0.465 e. The maximum Gasteiger partial charge on any atom is 0.508 e. The Kier molecular flexibility index (Phi) is 14.5. The van der Waals surface area contributed by atoms with Gasteiger partial charge in [0.25, 0.3) is 0 Å². The van der Waals surface area contributed by atoms with Crippen molar-refractivity contribution in [2.45, 2.75) is 162 Å². The number of hydrogen-bond donors (Lipinski definition) is 2. The van der Waals surface area contributed by atoms with Crippen LogP contribution in [0.2, 0.25) is 0 Å². The van der Waals surface area contributed by atoms with Crippen molar-refractivity contribution < 1.29 is 23.8 Å². The van der Waals surface area contributed by atoms with E-state index >= 15 is 0 Å². The first-order chi connectivity index (χ1) is 22.5. The summed E-state index contributed by atoms with van der Waals surface area (Å²) in [4.78, 5) is 24.5. The molecule has 270 valence electrons. The molecule has 47 heavy (non-hydrogen) atoms. The van der Waals surface area contributed by atoms with E-state index in [0.717, 1.165) is 93.3 Å². The van der Waals surface area contributed by atoms with Crippen molar-refractivity contribution in [3.63, 3.8) is 0 Å². The van der Waals surface area contributed by atoms with Crippen LogP contribution in [0.3, 0.4) is 0 Å². The van der Waals surface area contributed by atoms with Gasteiger partial charge in [0.1, 0.15) is 12.1 Å². The highest BCUT2D eigenvalue weighted by Gasteiger charge is 2.59. The van der Waals surface area contributed by atoms with Gasteiger partial charge in [0.05, 0.1) is 13.2 Å². The molecule has 7 heteroatoms. The quantitative estimate of drug-likeness (QED) is 0.0858. The van der Waals surface area contributed by atoms with Gasteiger partial charge in [0, 0.05) is 6.42 Å². The summed E-state index contributed by atoms with van der Waals surface area (Å²) in [5.74, 6) is 4.66. The Morgan fingerprint density at radius 2 is 1.60 bits per heavy atom. The number of unbranched alkanes of at least 4 members (excludes halogenated alkanes) is 4. The average molecular weight is 659 g/mol. The Bertz CT molecular complexity index is 1030. The zero-order valence-electron chi connectivity index (χ0n) is 30.7. The van der Waals surface area contributed by atoms with Crippen molar-refractivity contribution in [2.75, 3.05) is 19.8 Å². The molecular formula is C40H70N2O5. The lowest BCUT2D eigenvalue weighted by atomic mass is 9.47. The molecule has 0 radical (unpaired) electrons. The second kappa shape index (κ2) is 17.9. The van der Waals surface area contributed by atoms with Crippen LogP contribution in [0.5, 0.6) is 0 Å². The first-order valence-electron chi connectivity index (χ1n) is 19.6. The minimum absolute atomic E-state index is 0.0776. The lowest BCUT2D eigenvalue weighted by molar-refractivity contribution is -0.145. The third-order valence-electron chi connectivity index (χ3n) is 13.3. The maximum atomic E-state index is 12.6. The van der Waals surface area contributed by atoms with Gasteiger partial charge >= 0.3 is 12.1 Å². The summed E-state index contributed by atoms with van der Waals surface area (Å²) < 4.78 is 16.6. The summed E-state index contributed by atoms with van der Waals surface area (Å²) in [5, 5.41) is 0. The van der Waals surface area contributed by atoms with E-state index in [9.17, 15) is 9.59 Å². The minimum Gasteiger partial charge on any atom is -0.465 e. The van der Waals surface area contributed by atoms with Crippen LogP contribution in [0.4, 0.5) is 4.79 Å². The predicted octanol–water partition coefficient (Wildman–Crippen LogP) is 9.11. The third kappa shape index (κ3) is 9.77. The van der Waals surface area contributed by atoms with E-state index in [1.807, 2.05) is 0 Å². The van der Waals surface area contributed by atoms with Crippen LogP contribution in [0.25, 0.3) is 0 Å². The molecule has 3 fully saturated rings. The van der Waals surface area contributed by atoms with Gasteiger partial charge in [-0.3, -0.25) is 4.79 Å². The van der Waals surface area contributed by atoms with E-state index in [2.05, 4.69) is 40.7 Å². The molecule has 0 bridgehead atoms. The van der Waals surface area contributed by atoms with E-state index in [1.54, 1.807) is 5.57 Å². The molecule has 4 aliphatic rings. The molecule has 3 saturated carbocycles. The third-order valence-corrected chi connectivity index (χ3v) is 13.3. The van der Waals surface area contributed by atoms with E-state index < -0.39 is 12.2 Å². The molecule has 0 aromatic rings. The fraction of sp³-hybridized carbons (Fsp3) is 0.900. The molecule has 0 amide bonds. The van der Waals surface area contributed by atoms with Crippen LogP contribution in [0.15, 0.2) is 11.6 Å². The summed E-state index contributed by atoms with van der Waals surface area (Å²) in [6, 6.07) is -0.563. The van der Waals surface area contributed by atoms with Gasteiger partial charge in [-0.2, -0.15) is 0 Å².